The van der Waals surface area contributed by atoms with Crippen LogP contribution in [0.3, 0.4) is 0 Å². The fourth-order valence-electron chi connectivity index (χ4n) is 4.20. The number of amides is 1. The van der Waals surface area contributed by atoms with Crippen molar-refractivity contribution in [1.82, 2.24) is 0 Å². The second-order valence-corrected chi connectivity index (χ2v) is 9.57. The molecule has 0 radical (unpaired) electrons. The molecule has 1 aromatic heterocycles. The number of aliphatic hydroxyl groups is 1. The Hall–Kier alpha value is -2.51. The fourth-order valence-corrected chi connectivity index (χ4v) is 5.15. The van der Waals surface area contributed by atoms with Gasteiger partial charge < -0.3 is 14.7 Å². The van der Waals surface area contributed by atoms with E-state index in [1.54, 1.807) is 6.07 Å². The van der Waals surface area contributed by atoms with Crippen molar-refractivity contribution in [1.29, 1.82) is 0 Å². The summed E-state index contributed by atoms with van der Waals surface area (Å²) >= 11 is 1.41. The molecule has 1 N–H and O–H groups in total. The highest BCUT2D eigenvalue weighted by Crippen LogP contribution is 2.30. The lowest BCUT2D eigenvalue weighted by atomic mass is 10.0. The smallest absolute Gasteiger partial charge is 0.348 e. The normalized spacial score (nSPS) is 15.8. The van der Waals surface area contributed by atoms with Gasteiger partial charge in [0.05, 0.1) is 6.61 Å². The molecule has 0 spiro atoms. The number of thiophene rings is 1. The molecule has 1 atom stereocenters. The van der Waals surface area contributed by atoms with Crippen LogP contribution in [0.4, 0.5) is 5.69 Å². The first-order valence-electron chi connectivity index (χ1n) is 11.9. The zero-order valence-electron chi connectivity index (χ0n) is 19.3. The standard InChI is InChI=1S/C26H33NO5S/c1-2-3-4-8-23(29)19-9-11-21(12-10-19)27-20(13-16-25(27)30)6-5-7-22-14-15-24(33-22)26(31)32-18-17-28/h9-12,14-15,20,28H,2-8,13,16-18H2,1H3. The number of carbonyl (C=O) groups excluding carboxylic acids is 3. The molecule has 0 saturated carbocycles. The van der Waals surface area contributed by atoms with E-state index in [2.05, 4.69) is 6.92 Å². The highest BCUT2D eigenvalue weighted by Gasteiger charge is 2.31. The van der Waals surface area contributed by atoms with Crippen LogP contribution in [-0.4, -0.2) is 42.0 Å². The van der Waals surface area contributed by atoms with E-state index < -0.39 is 5.97 Å². The lowest BCUT2D eigenvalue weighted by molar-refractivity contribution is -0.117. The highest BCUT2D eigenvalue weighted by molar-refractivity contribution is 7.13. The number of anilines is 1. The van der Waals surface area contributed by atoms with Gasteiger partial charge in [0.1, 0.15) is 11.5 Å². The van der Waals surface area contributed by atoms with E-state index in [9.17, 15) is 14.4 Å². The number of Topliss-reactive ketones (excluding diaryl/α,β-unsaturated/α-hetero) is 1. The van der Waals surface area contributed by atoms with Crippen molar-refractivity contribution >= 4 is 34.7 Å². The fraction of sp³-hybridized carbons (Fsp3) is 0.500. The van der Waals surface area contributed by atoms with Crippen LogP contribution < -0.4 is 4.90 Å². The average molecular weight is 472 g/mol. The molecule has 6 nitrogen and oxygen atoms in total. The third-order valence-electron chi connectivity index (χ3n) is 5.95. The maximum absolute atomic E-state index is 12.6. The molecule has 1 aromatic carbocycles. The van der Waals surface area contributed by atoms with Crippen molar-refractivity contribution in [3.63, 3.8) is 0 Å². The summed E-state index contributed by atoms with van der Waals surface area (Å²) in [5.74, 6) is -0.109. The van der Waals surface area contributed by atoms with E-state index in [4.69, 9.17) is 9.84 Å². The van der Waals surface area contributed by atoms with E-state index in [0.29, 0.717) is 23.3 Å². The number of aryl methyl sites for hydroxylation is 1. The molecule has 178 valence electrons. The molecule has 1 fully saturated rings. The molecular weight excluding hydrogens is 438 g/mol. The number of ketones is 1. The van der Waals surface area contributed by atoms with Gasteiger partial charge in [0.25, 0.3) is 0 Å². The van der Waals surface area contributed by atoms with Crippen LogP contribution in [0.1, 0.15) is 83.2 Å². The summed E-state index contributed by atoms with van der Waals surface area (Å²) in [6.07, 6.45) is 7.65. The number of ether oxygens (including phenoxy) is 1. The van der Waals surface area contributed by atoms with E-state index in [0.717, 1.165) is 55.5 Å². The zero-order valence-corrected chi connectivity index (χ0v) is 20.1. The van der Waals surface area contributed by atoms with Gasteiger partial charge in [-0.1, -0.05) is 19.8 Å². The van der Waals surface area contributed by atoms with Gasteiger partial charge in [-0.25, -0.2) is 4.79 Å². The Morgan fingerprint density at radius 1 is 1.12 bits per heavy atom. The number of carbonyl (C=O) groups is 3. The van der Waals surface area contributed by atoms with Gasteiger partial charge in [-0.3, -0.25) is 9.59 Å². The second kappa shape index (κ2) is 12.7. The van der Waals surface area contributed by atoms with Crippen molar-refractivity contribution in [2.45, 2.75) is 70.8 Å². The van der Waals surface area contributed by atoms with Gasteiger partial charge >= 0.3 is 5.97 Å². The van der Waals surface area contributed by atoms with Crippen molar-refractivity contribution in [2.75, 3.05) is 18.1 Å². The predicted octanol–water partition coefficient (Wildman–Crippen LogP) is 5.18. The van der Waals surface area contributed by atoms with Gasteiger partial charge in [0, 0.05) is 35.0 Å². The van der Waals surface area contributed by atoms with Gasteiger partial charge in [-0.05, 0) is 68.5 Å². The van der Waals surface area contributed by atoms with Gasteiger partial charge in [0.2, 0.25) is 5.91 Å². The quantitative estimate of drug-likeness (QED) is 0.247. The van der Waals surface area contributed by atoms with Crippen LogP contribution in [0.15, 0.2) is 36.4 Å². The number of hydrogen-bond donors (Lipinski definition) is 1. The number of benzene rings is 1. The largest absolute Gasteiger partial charge is 0.459 e. The predicted molar refractivity (Wildman–Crippen MR) is 130 cm³/mol. The third-order valence-corrected chi connectivity index (χ3v) is 7.07. The molecule has 1 aliphatic heterocycles. The topological polar surface area (TPSA) is 83.9 Å². The Morgan fingerprint density at radius 3 is 2.64 bits per heavy atom. The minimum absolute atomic E-state index is 0.00556. The minimum Gasteiger partial charge on any atom is -0.459 e. The average Bonchev–Trinajstić information content (AvgIpc) is 3.44. The molecular formula is C26H33NO5S. The second-order valence-electron chi connectivity index (χ2n) is 8.40. The Bertz CT molecular complexity index is 936. The summed E-state index contributed by atoms with van der Waals surface area (Å²) in [6.45, 7) is 1.95. The van der Waals surface area contributed by atoms with E-state index in [-0.39, 0.29) is 30.9 Å². The maximum atomic E-state index is 12.6. The lowest BCUT2D eigenvalue weighted by Gasteiger charge is -2.25. The van der Waals surface area contributed by atoms with E-state index in [1.165, 1.54) is 11.3 Å². The summed E-state index contributed by atoms with van der Waals surface area (Å²) in [5, 5.41) is 8.77. The molecule has 1 saturated heterocycles. The third kappa shape index (κ3) is 6.98. The zero-order chi connectivity index (χ0) is 23.6. The van der Waals surface area contributed by atoms with Crippen molar-refractivity contribution < 1.29 is 24.2 Å². The molecule has 0 aliphatic carbocycles. The molecule has 1 amide bonds. The summed E-state index contributed by atoms with van der Waals surface area (Å²) < 4.78 is 4.95. The van der Waals surface area contributed by atoms with Crippen LogP contribution in [0, 0.1) is 0 Å². The summed E-state index contributed by atoms with van der Waals surface area (Å²) in [4.78, 5) is 40.3. The molecule has 0 bridgehead atoms. The summed E-state index contributed by atoms with van der Waals surface area (Å²) in [7, 11) is 0. The monoisotopic (exact) mass is 471 g/mol. The Kier molecular flexibility index (Phi) is 9.63. The van der Waals surface area contributed by atoms with Gasteiger partial charge in [-0.2, -0.15) is 0 Å². The van der Waals surface area contributed by atoms with Crippen molar-refractivity contribution in [2.24, 2.45) is 0 Å². The number of aliphatic hydroxyl groups excluding tert-OH is 1. The number of unbranched alkanes of at least 4 members (excludes halogenated alkanes) is 2. The van der Waals surface area contributed by atoms with Crippen LogP contribution in [0.2, 0.25) is 0 Å². The van der Waals surface area contributed by atoms with Gasteiger partial charge in [-0.15, -0.1) is 11.3 Å². The molecule has 7 heteroatoms. The first-order chi connectivity index (χ1) is 16.0. The number of hydrogen-bond acceptors (Lipinski definition) is 6. The number of esters is 1. The molecule has 33 heavy (non-hydrogen) atoms. The molecule has 1 aliphatic rings. The van der Waals surface area contributed by atoms with Crippen LogP contribution in [0.5, 0.6) is 0 Å². The summed E-state index contributed by atoms with van der Waals surface area (Å²) in [5.41, 5.74) is 1.57. The number of nitrogens with zero attached hydrogens (tertiary/aromatic N) is 1. The first-order valence-corrected chi connectivity index (χ1v) is 12.7. The Morgan fingerprint density at radius 2 is 1.91 bits per heavy atom. The minimum atomic E-state index is -0.403. The molecule has 2 heterocycles. The van der Waals surface area contributed by atoms with Crippen LogP contribution in [-0.2, 0) is 16.0 Å². The summed E-state index contributed by atoms with van der Waals surface area (Å²) in [6, 6.07) is 11.3. The lowest BCUT2D eigenvalue weighted by Crippen LogP contribution is -2.32. The maximum Gasteiger partial charge on any atom is 0.348 e. The first kappa shape index (κ1) is 25.1. The Balaban J connectivity index is 1.53. The molecule has 2 aromatic rings. The van der Waals surface area contributed by atoms with Gasteiger partial charge in [0.15, 0.2) is 5.78 Å². The van der Waals surface area contributed by atoms with E-state index in [1.807, 2.05) is 35.2 Å². The van der Waals surface area contributed by atoms with E-state index >= 15 is 0 Å². The van der Waals surface area contributed by atoms with Crippen molar-refractivity contribution in [3.05, 3.63) is 51.7 Å². The Labute approximate surface area is 199 Å². The SMILES string of the molecule is CCCCCC(=O)c1ccc(N2C(=O)CCC2CCCc2ccc(C(=O)OCCO)s2)cc1. The highest BCUT2D eigenvalue weighted by atomic mass is 32.1. The number of rotatable bonds is 13. The molecule has 1 unspecified atom stereocenters. The van der Waals surface area contributed by atoms with Crippen molar-refractivity contribution in [3.8, 4) is 0 Å². The molecule has 3 rings (SSSR count). The van der Waals surface area contributed by atoms with Crippen LogP contribution >= 0.6 is 11.3 Å². The van der Waals surface area contributed by atoms with Crippen LogP contribution in [0.25, 0.3) is 0 Å².